The average molecular weight is 494 g/mol. The van der Waals surface area contributed by atoms with Crippen LogP contribution in [0.3, 0.4) is 0 Å². The third-order valence-corrected chi connectivity index (χ3v) is 4.78. The number of hydrogen-bond acceptors (Lipinski definition) is 5. The molecule has 0 heterocycles. The molecule has 8 nitrogen and oxygen atoms in total. The van der Waals surface area contributed by atoms with Crippen molar-refractivity contribution in [1.82, 2.24) is 0 Å². The second-order valence-electron chi connectivity index (χ2n) is 7.04. The highest BCUT2D eigenvalue weighted by Crippen LogP contribution is 2.26. The smallest absolute Gasteiger partial charge is 0.335 e. The van der Waals surface area contributed by atoms with Crippen LogP contribution in [0.2, 0.25) is 5.02 Å². The van der Waals surface area contributed by atoms with Crippen molar-refractivity contribution in [3.05, 3.63) is 94.3 Å². The van der Waals surface area contributed by atoms with Gasteiger partial charge in [-0.15, -0.1) is 0 Å². The highest BCUT2D eigenvalue weighted by molar-refractivity contribution is 6.32. The van der Waals surface area contributed by atoms with Crippen LogP contribution in [0, 0.1) is 17.1 Å². The van der Waals surface area contributed by atoms with E-state index in [2.05, 4.69) is 10.6 Å². The van der Waals surface area contributed by atoms with Crippen LogP contribution in [0.1, 0.15) is 15.9 Å². The number of benzene rings is 3. The lowest BCUT2D eigenvalue weighted by atomic mass is 10.1. The van der Waals surface area contributed by atoms with Crippen LogP contribution in [-0.4, -0.2) is 29.5 Å². The maximum atomic E-state index is 12.9. The molecule has 176 valence electrons. The van der Waals surface area contributed by atoms with Gasteiger partial charge in [-0.1, -0.05) is 23.7 Å². The topological polar surface area (TPSA) is 129 Å². The van der Waals surface area contributed by atoms with Crippen LogP contribution < -0.4 is 15.4 Å². The zero-order valence-corrected chi connectivity index (χ0v) is 18.7. The standard InChI is InChI=1S/C25H17ClFN3O5/c26-21-11-15(4-9-22(21)35-14-23(31)29-19-7-5-18(27)6-8-19)10-17(13-28)24(32)30-20-3-1-2-16(12-20)25(33)34/h1-12H,14H2,(H,29,31)(H,30,32)(H,33,34). The van der Waals surface area contributed by atoms with Crippen molar-refractivity contribution in [3.63, 3.8) is 0 Å². The van der Waals surface area contributed by atoms with E-state index < -0.39 is 23.6 Å². The van der Waals surface area contributed by atoms with Gasteiger partial charge < -0.3 is 20.5 Å². The van der Waals surface area contributed by atoms with Gasteiger partial charge in [-0.3, -0.25) is 9.59 Å². The molecule has 3 aromatic carbocycles. The summed E-state index contributed by atoms with van der Waals surface area (Å²) < 4.78 is 18.3. The largest absolute Gasteiger partial charge is 0.482 e. The molecule has 3 N–H and O–H groups in total. The summed E-state index contributed by atoms with van der Waals surface area (Å²) in [6, 6.07) is 17.1. The molecule has 0 aliphatic carbocycles. The second kappa shape index (κ2) is 11.4. The first kappa shape index (κ1) is 25.0. The van der Waals surface area contributed by atoms with Crippen molar-refractivity contribution in [3.8, 4) is 11.8 Å². The number of anilines is 2. The number of rotatable bonds is 8. The van der Waals surface area contributed by atoms with Crippen LogP contribution in [0.4, 0.5) is 15.8 Å². The number of carbonyl (C=O) groups is 3. The van der Waals surface area contributed by atoms with Crippen LogP contribution in [0.25, 0.3) is 6.08 Å². The number of aromatic carboxylic acids is 1. The molecule has 0 saturated heterocycles. The van der Waals surface area contributed by atoms with Crippen molar-refractivity contribution in [2.45, 2.75) is 0 Å². The van der Waals surface area contributed by atoms with Gasteiger partial charge in [0.1, 0.15) is 23.2 Å². The molecule has 3 aromatic rings. The Morgan fingerprint density at radius 1 is 1.03 bits per heavy atom. The van der Waals surface area contributed by atoms with Gasteiger partial charge >= 0.3 is 5.97 Å². The fourth-order valence-corrected chi connectivity index (χ4v) is 3.08. The number of amides is 2. The van der Waals surface area contributed by atoms with Crippen LogP contribution in [-0.2, 0) is 9.59 Å². The van der Waals surface area contributed by atoms with Crippen LogP contribution in [0.15, 0.2) is 72.3 Å². The molecule has 0 aliphatic rings. The average Bonchev–Trinajstić information content (AvgIpc) is 2.83. The van der Waals surface area contributed by atoms with Crippen molar-refractivity contribution in [2.75, 3.05) is 17.2 Å². The summed E-state index contributed by atoms with van der Waals surface area (Å²) in [7, 11) is 0. The number of hydrogen-bond donors (Lipinski definition) is 3. The van der Waals surface area contributed by atoms with E-state index in [1.807, 2.05) is 0 Å². The molecule has 35 heavy (non-hydrogen) atoms. The molecule has 0 atom stereocenters. The molecule has 0 fully saturated rings. The van der Waals surface area contributed by atoms with Crippen LogP contribution >= 0.6 is 11.6 Å². The minimum absolute atomic E-state index is 0.0148. The van der Waals surface area contributed by atoms with E-state index in [0.717, 1.165) is 0 Å². The molecule has 10 heteroatoms. The Morgan fingerprint density at radius 2 is 1.77 bits per heavy atom. The third-order valence-electron chi connectivity index (χ3n) is 4.49. The first-order chi connectivity index (χ1) is 16.7. The van der Waals surface area contributed by atoms with Gasteiger partial charge in [0, 0.05) is 11.4 Å². The number of nitriles is 1. The minimum Gasteiger partial charge on any atom is -0.482 e. The van der Waals surface area contributed by atoms with E-state index in [9.17, 15) is 24.0 Å². The lowest BCUT2D eigenvalue weighted by Crippen LogP contribution is -2.20. The molecular weight excluding hydrogens is 477 g/mol. The highest BCUT2D eigenvalue weighted by atomic mass is 35.5. The fourth-order valence-electron chi connectivity index (χ4n) is 2.84. The normalized spacial score (nSPS) is 10.7. The maximum Gasteiger partial charge on any atom is 0.335 e. The van der Waals surface area contributed by atoms with E-state index in [-0.39, 0.29) is 34.2 Å². The van der Waals surface area contributed by atoms with E-state index in [0.29, 0.717) is 11.3 Å². The zero-order chi connectivity index (χ0) is 25.4. The number of nitrogens with zero attached hydrogens (tertiary/aromatic N) is 1. The summed E-state index contributed by atoms with van der Waals surface area (Å²) in [5.41, 5.74) is 0.789. The lowest BCUT2D eigenvalue weighted by molar-refractivity contribution is -0.118. The number of ether oxygens (including phenoxy) is 1. The molecule has 0 bridgehead atoms. The van der Waals surface area contributed by atoms with E-state index in [1.165, 1.54) is 72.8 Å². The molecule has 0 unspecified atom stereocenters. The number of carboxylic acids is 1. The van der Waals surface area contributed by atoms with Crippen molar-refractivity contribution in [2.24, 2.45) is 0 Å². The lowest BCUT2D eigenvalue weighted by Gasteiger charge is -2.10. The molecule has 2 amide bonds. The van der Waals surface area contributed by atoms with Crippen molar-refractivity contribution >= 4 is 46.8 Å². The van der Waals surface area contributed by atoms with Crippen molar-refractivity contribution in [1.29, 1.82) is 5.26 Å². The first-order valence-electron chi connectivity index (χ1n) is 9.99. The monoisotopic (exact) mass is 493 g/mol. The maximum absolute atomic E-state index is 12.9. The molecular formula is C25H17ClFN3O5. The van der Waals surface area contributed by atoms with Gasteiger partial charge in [-0.2, -0.15) is 5.26 Å². The predicted octanol–water partition coefficient (Wildman–Crippen LogP) is 4.74. The quantitative estimate of drug-likeness (QED) is 0.307. The molecule has 0 aliphatic heterocycles. The molecule has 3 rings (SSSR count). The predicted molar refractivity (Wildman–Crippen MR) is 128 cm³/mol. The number of halogens is 2. The van der Waals surface area contributed by atoms with Gasteiger partial charge in [0.2, 0.25) is 0 Å². The van der Waals surface area contributed by atoms with Gasteiger partial charge in [0.05, 0.1) is 10.6 Å². The minimum atomic E-state index is -1.15. The van der Waals surface area contributed by atoms with E-state index in [4.69, 9.17) is 21.4 Å². The molecule has 0 radical (unpaired) electrons. The Hall–Kier alpha value is -4.68. The van der Waals surface area contributed by atoms with Gasteiger partial charge in [0.15, 0.2) is 6.61 Å². The highest BCUT2D eigenvalue weighted by Gasteiger charge is 2.12. The molecule has 0 spiro atoms. The molecule has 0 saturated carbocycles. The first-order valence-corrected chi connectivity index (χ1v) is 10.4. The Labute approximate surface area is 204 Å². The SMILES string of the molecule is N#CC(=Cc1ccc(OCC(=O)Nc2ccc(F)cc2)c(Cl)c1)C(=O)Nc1cccc(C(=O)O)c1. The molecule has 0 aromatic heterocycles. The number of carboxylic acid groups (broad SMARTS) is 1. The summed E-state index contributed by atoms with van der Waals surface area (Å²) >= 11 is 6.21. The Morgan fingerprint density at radius 3 is 2.43 bits per heavy atom. The van der Waals surface area contributed by atoms with Gasteiger partial charge in [0.25, 0.3) is 11.8 Å². The Kier molecular flexibility index (Phi) is 8.16. The number of carbonyl (C=O) groups excluding carboxylic acids is 2. The van der Waals surface area contributed by atoms with Gasteiger partial charge in [-0.05, 0) is 66.2 Å². The van der Waals surface area contributed by atoms with Crippen molar-refractivity contribution < 1.29 is 28.6 Å². The Balaban J connectivity index is 1.64. The third kappa shape index (κ3) is 7.15. The Bertz CT molecular complexity index is 1350. The van der Waals surface area contributed by atoms with E-state index >= 15 is 0 Å². The number of nitrogens with one attached hydrogen (secondary N) is 2. The summed E-state index contributed by atoms with van der Waals surface area (Å²) in [4.78, 5) is 35.5. The summed E-state index contributed by atoms with van der Waals surface area (Å²) in [5.74, 6) is -2.59. The summed E-state index contributed by atoms with van der Waals surface area (Å²) in [5, 5.41) is 23.6. The van der Waals surface area contributed by atoms with Crippen LogP contribution in [0.5, 0.6) is 5.75 Å². The summed E-state index contributed by atoms with van der Waals surface area (Å²) in [6.45, 7) is -0.354. The zero-order valence-electron chi connectivity index (χ0n) is 17.9. The van der Waals surface area contributed by atoms with Gasteiger partial charge in [-0.25, -0.2) is 9.18 Å². The van der Waals surface area contributed by atoms with E-state index in [1.54, 1.807) is 6.07 Å². The fraction of sp³-hybridized carbons (Fsp3) is 0.0400. The summed E-state index contributed by atoms with van der Waals surface area (Å²) in [6.07, 6.45) is 1.30. The second-order valence-corrected chi connectivity index (χ2v) is 7.45.